The highest BCUT2D eigenvalue weighted by atomic mass is 16.3. The van der Waals surface area contributed by atoms with Gasteiger partial charge < -0.3 is 10.0 Å². The summed E-state index contributed by atoms with van der Waals surface area (Å²) in [5.74, 6) is 0.565. The van der Waals surface area contributed by atoms with E-state index >= 15 is 0 Å². The Morgan fingerprint density at radius 1 is 0.605 bits per heavy atom. The van der Waals surface area contributed by atoms with Crippen molar-refractivity contribution in [1.82, 2.24) is 14.7 Å². The van der Waals surface area contributed by atoms with Gasteiger partial charge in [-0.15, -0.1) is 0 Å². The van der Waals surface area contributed by atoms with Crippen LogP contribution in [0.15, 0.2) is 72.8 Å². The molecule has 3 aromatic rings. The third kappa shape index (κ3) is 5.24. The number of aliphatic hydroxyl groups excluding tert-OH is 1. The van der Waals surface area contributed by atoms with Crippen LogP contribution in [0.1, 0.15) is 87.6 Å². The van der Waals surface area contributed by atoms with E-state index in [2.05, 4.69) is 34.1 Å². The number of carbonyl (C=O) groups excluding carboxylic acids is 3. The minimum Gasteiger partial charge on any atom is -0.387 e. The molecule has 2 unspecified atom stereocenters. The van der Waals surface area contributed by atoms with Gasteiger partial charge in [0.2, 0.25) is 5.91 Å². The second-order valence-electron chi connectivity index (χ2n) is 12.6. The number of Topliss-reactive ketones (excluding diaryl/α,β-unsaturated/α-hetero) is 2. The highest BCUT2D eigenvalue weighted by Gasteiger charge is 2.40. The van der Waals surface area contributed by atoms with Gasteiger partial charge in [-0.05, 0) is 67.4 Å². The van der Waals surface area contributed by atoms with Crippen LogP contribution in [0.25, 0.3) is 0 Å². The summed E-state index contributed by atoms with van der Waals surface area (Å²) >= 11 is 0. The summed E-state index contributed by atoms with van der Waals surface area (Å²) in [7, 11) is 0. The van der Waals surface area contributed by atoms with Crippen LogP contribution in [0.5, 0.6) is 0 Å². The zero-order valence-electron chi connectivity index (χ0n) is 24.5. The lowest BCUT2D eigenvalue weighted by molar-refractivity contribution is -0.129. The zero-order valence-corrected chi connectivity index (χ0v) is 24.5. The molecule has 7 nitrogen and oxygen atoms in total. The molecule has 7 heteroatoms. The van der Waals surface area contributed by atoms with E-state index in [4.69, 9.17) is 0 Å². The van der Waals surface area contributed by atoms with E-state index in [0.29, 0.717) is 31.2 Å². The number of benzene rings is 3. The molecule has 1 amide bonds. The fraction of sp³-hybridized carbons (Fsp3) is 0.417. The monoisotopic (exact) mass is 577 g/mol. The second-order valence-corrected chi connectivity index (χ2v) is 12.6. The van der Waals surface area contributed by atoms with Gasteiger partial charge in [0.15, 0.2) is 11.6 Å². The Morgan fingerprint density at radius 3 is 1.95 bits per heavy atom. The molecule has 1 N–H and O–H groups in total. The zero-order chi connectivity index (χ0) is 29.5. The number of amides is 1. The van der Waals surface area contributed by atoms with Crippen LogP contribution in [-0.2, 0) is 24.4 Å². The van der Waals surface area contributed by atoms with E-state index in [9.17, 15) is 19.5 Å². The molecule has 0 spiro atoms. The predicted octanol–water partition coefficient (Wildman–Crippen LogP) is 4.92. The molecule has 0 aliphatic carbocycles. The molecular weight excluding hydrogens is 538 g/mol. The van der Waals surface area contributed by atoms with E-state index in [-0.39, 0.29) is 29.9 Å². The first-order valence-electron chi connectivity index (χ1n) is 15.8. The summed E-state index contributed by atoms with van der Waals surface area (Å²) in [6, 6.07) is 24.2. The number of hydrogen-bond donors (Lipinski definition) is 1. The highest BCUT2D eigenvalue weighted by molar-refractivity contribution is 6.05. The van der Waals surface area contributed by atoms with Crippen molar-refractivity contribution in [2.45, 2.75) is 82.4 Å². The maximum absolute atomic E-state index is 12.1. The average molecular weight is 578 g/mol. The molecule has 9 rings (SSSR count). The largest absolute Gasteiger partial charge is 0.387 e. The van der Waals surface area contributed by atoms with Crippen LogP contribution in [0.2, 0.25) is 0 Å². The number of aliphatic hydroxyl groups is 1. The molecule has 222 valence electrons. The lowest BCUT2D eigenvalue weighted by Gasteiger charge is -2.35. The van der Waals surface area contributed by atoms with Crippen molar-refractivity contribution in [3.05, 3.63) is 106 Å². The number of rotatable bonds is 0. The Hall–Kier alpha value is -3.65. The standard InChI is InChI=1S/C12H11NO2.C12H15NO.C12H13NO/c14-11-6-5-10-12(15)9-4-2-1-3-8(9)7-13(10)11;2*14-12-10-5-2-1-4-9(10)8-13-7-3-6-11(12)13/h1-4,10H,5-7H2;1-2,4-5,11-12,14H,3,6-8H2;1-2,4-5,11H,3,6-8H2/t;11-,12+;/m.0./s1. The quantitative estimate of drug-likeness (QED) is 0.409. The maximum atomic E-state index is 12.1. The van der Waals surface area contributed by atoms with E-state index < -0.39 is 0 Å². The normalized spacial score (nSPS) is 27.0. The second kappa shape index (κ2) is 11.8. The van der Waals surface area contributed by atoms with E-state index in [1.54, 1.807) is 4.90 Å². The van der Waals surface area contributed by atoms with Crippen LogP contribution in [0.3, 0.4) is 0 Å². The molecule has 3 aromatic carbocycles. The molecule has 6 aliphatic rings. The van der Waals surface area contributed by atoms with Crippen LogP contribution >= 0.6 is 0 Å². The molecule has 43 heavy (non-hydrogen) atoms. The van der Waals surface area contributed by atoms with Crippen molar-refractivity contribution < 1.29 is 19.5 Å². The number of fused-ring (bicyclic) bond motifs is 6. The number of carbonyl (C=O) groups is 3. The van der Waals surface area contributed by atoms with E-state index in [1.165, 1.54) is 24.0 Å². The van der Waals surface area contributed by atoms with Crippen molar-refractivity contribution in [2.24, 2.45) is 0 Å². The van der Waals surface area contributed by atoms with Gasteiger partial charge in [0.25, 0.3) is 0 Å². The fourth-order valence-electron chi connectivity index (χ4n) is 7.87. The summed E-state index contributed by atoms with van der Waals surface area (Å²) in [6.07, 6.45) is 5.54. The van der Waals surface area contributed by atoms with Gasteiger partial charge in [0, 0.05) is 43.2 Å². The van der Waals surface area contributed by atoms with Gasteiger partial charge in [-0.25, -0.2) is 0 Å². The van der Waals surface area contributed by atoms with Crippen LogP contribution in [0, 0.1) is 0 Å². The summed E-state index contributed by atoms with van der Waals surface area (Å²) < 4.78 is 0. The third-order valence-corrected chi connectivity index (χ3v) is 10.1. The summed E-state index contributed by atoms with van der Waals surface area (Å²) in [5, 5.41) is 10.2. The predicted molar refractivity (Wildman–Crippen MR) is 163 cm³/mol. The Morgan fingerprint density at radius 2 is 1.19 bits per heavy atom. The average Bonchev–Trinajstić information content (AvgIpc) is 3.79. The molecular formula is C36H39N3O4. The smallest absolute Gasteiger partial charge is 0.223 e. The van der Waals surface area contributed by atoms with Gasteiger partial charge >= 0.3 is 0 Å². The summed E-state index contributed by atoms with van der Waals surface area (Å²) in [6.45, 7) is 4.83. The Labute approximate surface area is 253 Å². The third-order valence-electron chi connectivity index (χ3n) is 10.1. The summed E-state index contributed by atoms with van der Waals surface area (Å²) in [5.41, 5.74) is 6.39. The molecule has 0 bridgehead atoms. The van der Waals surface area contributed by atoms with E-state index in [0.717, 1.165) is 61.3 Å². The molecule has 0 aromatic heterocycles. The van der Waals surface area contributed by atoms with Gasteiger partial charge in [-0.2, -0.15) is 0 Å². The van der Waals surface area contributed by atoms with Crippen molar-refractivity contribution in [3.8, 4) is 0 Å². The first-order valence-corrected chi connectivity index (χ1v) is 15.8. The molecule has 6 heterocycles. The Balaban J connectivity index is 0.000000105. The first-order chi connectivity index (χ1) is 21.0. The van der Waals surface area contributed by atoms with E-state index in [1.807, 2.05) is 48.5 Å². The van der Waals surface area contributed by atoms with Crippen molar-refractivity contribution in [2.75, 3.05) is 13.1 Å². The first kappa shape index (κ1) is 28.1. The van der Waals surface area contributed by atoms with Crippen molar-refractivity contribution in [1.29, 1.82) is 0 Å². The Kier molecular flexibility index (Phi) is 7.72. The minimum absolute atomic E-state index is 0.114. The molecule has 6 aliphatic heterocycles. The van der Waals surface area contributed by atoms with Crippen LogP contribution in [0.4, 0.5) is 0 Å². The molecule has 3 fully saturated rings. The highest BCUT2D eigenvalue weighted by Crippen LogP contribution is 2.37. The maximum Gasteiger partial charge on any atom is 0.223 e. The molecule has 3 saturated heterocycles. The lowest BCUT2D eigenvalue weighted by atomic mass is 9.92. The van der Waals surface area contributed by atoms with Crippen LogP contribution < -0.4 is 0 Å². The molecule has 0 saturated carbocycles. The lowest BCUT2D eigenvalue weighted by Crippen LogP contribution is -2.42. The molecule has 0 radical (unpaired) electrons. The number of nitrogens with zero attached hydrogens (tertiary/aromatic N) is 3. The van der Waals surface area contributed by atoms with Gasteiger partial charge in [0.05, 0.1) is 18.2 Å². The van der Waals surface area contributed by atoms with Gasteiger partial charge in [-0.1, -0.05) is 72.8 Å². The molecule has 4 atom stereocenters. The van der Waals surface area contributed by atoms with Gasteiger partial charge in [0.1, 0.15) is 0 Å². The topological polar surface area (TPSA) is 81.2 Å². The van der Waals surface area contributed by atoms with Crippen LogP contribution in [-0.4, -0.2) is 68.5 Å². The Bertz CT molecular complexity index is 1550. The number of ketones is 2. The fourth-order valence-corrected chi connectivity index (χ4v) is 7.87. The van der Waals surface area contributed by atoms with Crippen molar-refractivity contribution >= 4 is 17.5 Å². The van der Waals surface area contributed by atoms with Crippen molar-refractivity contribution in [3.63, 3.8) is 0 Å². The van der Waals surface area contributed by atoms with Gasteiger partial charge in [-0.3, -0.25) is 24.2 Å². The summed E-state index contributed by atoms with van der Waals surface area (Å²) in [4.78, 5) is 42.1. The minimum atomic E-state index is -0.262. The SMILES string of the molecule is O=C1c2ccccc2CN2C(=O)CCC12.O=C1c2ccccc2CN2CCCC12.O[C@@H]1c2ccccc2CN2CCC[C@@H]12. The number of hydrogen-bond acceptors (Lipinski definition) is 6.